The monoisotopic (exact) mass is 591 g/mol. The summed E-state index contributed by atoms with van der Waals surface area (Å²) in [5.41, 5.74) is 3.02. The summed E-state index contributed by atoms with van der Waals surface area (Å²) in [4.78, 5) is 18.0. The molecule has 39 heavy (non-hydrogen) atoms. The number of nitrogens with one attached hydrogen (secondary N) is 2. The molecule has 0 unspecified atom stereocenters. The van der Waals surface area contributed by atoms with E-state index in [4.69, 9.17) is 9.72 Å². The topological polar surface area (TPSA) is 113 Å². The molecule has 4 aromatic rings. The Morgan fingerprint density at radius 2 is 1.62 bits per heavy atom. The highest BCUT2D eigenvalue weighted by atomic mass is 35.5. The van der Waals surface area contributed by atoms with Crippen LogP contribution in [0.25, 0.3) is 11.0 Å². The summed E-state index contributed by atoms with van der Waals surface area (Å²) < 4.78 is 34.3. The fraction of sp³-hybridized carbons (Fsp3) is 0.269. The van der Waals surface area contributed by atoms with Gasteiger partial charge in [0.1, 0.15) is 10.6 Å². The molecule has 5 rings (SSSR count). The molecule has 0 saturated carbocycles. The van der Waals surface area contributed by atoms with E-state index in [1.165, 1.54) is 18.5 Å². The van der Waals surface area contributed by atoms with Crippen LogP contribution in [-0.2, 0) is 16.6 Å². The second-order valence-electron chi connectivity index (χ2n) is 8.93. The molecule has 0 aliphatic carbocycles. The van der Waals surface area contributed by atoms with Crippen molar-refractivity contribution < 1.29 is 13.2 Å². The van der Waals surface area contributed by atoms with E-state index in [1.54, 1.807) is 19.2 Å². The second-order valence-corrected chi connectivity index (χ2v) is 10.6. The minimum atomic E-state index is -3.94. The maximum absolute atomic E-state index is 13.1. The summed E-state index contributed by atoms with van der Waals surface area (Å²) in [7, 11) is -0.197. The van der Waals surface area contributed by atoms with Gasteiger partial charge in [-0.1, -0.05) is 18.2 Å². The number of aromatic nitrogens is 3. The highest BCUT2D eigenvalue weighted by molar-refractivity contribution is 7.92. The minimum absolute atomic E-state index is 0. The first-order valence-corrected chi connectivity index (χ1v) is 13.4. The van der Waals surface area contributed by atoms with Crippen LogP contribution in [0.4, 0.5) is 17.3 Å². The molecule has 1 fully saturated rings. The Bertz CT molecular complexity index is 1500. The predicted octanol–water partition coefficient (Wildman–Crippen LogP) is 4.17. The van der Waals surface area contributed by atoms with Crippen molar-refractivity contribution in [3.63, 3.8) is 0 Å². The number of anilines is 3. The van der Waals surface area contributed by atoms with E-state index in [0.717, 1.165) is 44.0 Å². The fourth-order valence-corrected chi connectivity index (χ4v) is 5.13. The first-order chi connectivity index (χ1) is 17.9. The summed E-state index contributed by atoms with van der Waals surface area (Å²) in [5.74, 6) is 1.06. The van der Waals surface area contributed by atoms with Crippen molar-refractivity contribution in [2.24, 2.45) is 0 Å². The van der Waals surface area contributed by atoms with Gasteiger partial charge in [0.15, 0.2) is 11.6 Å². The van der Waals surface area contributed by atoms with Crippen molar-refractivity contribution in [1.29, 1.82) is 0 Å². The van der Waals surface area contributed by atoms with Crippen LogP contribution in [0.15, 0.2) is 71.9 Å². The van der Waals surface area contributed by atoms with Crippen LogP contribution < -0.4 is 14.8 Å². The molecule has 1 saturated heterocycles. The lowest BCUT2D eigenvalue weighted by atomic mass is 10.1. The first kappa shape index (κ1) is 30.3. The largest absolute Gasteiger partial charge is 0.497 e. The molecular formula is C26H31Cl2N7O3S. The standard InChI is InChI=1S/C26H29N7O3S.2ClH/c1-32-12-14-33(15-13-32)18-19-9-10-20(36-2)16-24(19)30-25-26(29-23-8-4-3-7-22(23)28-25)31-37(34,35)21-6-5-11-27-17-21;;/h3-11,16-17H,12-15,18H2,1-2H3,(H,28,30)(H,29,31);2*1H. The van der Waals surface area contributed by atoms with Gasteiger partial charge in [-0.25, -0.2) is 18.4 Å². The number of likely N-dealkylation sites (N-methyl/N-ethyl adjacent to an activating group) is 1. The summed E-state index contributed by atoms with van der Waals surface area (Å²) in [6.45, 7) is 4.68. The lowest BCUT2D eigenvalue weighted by molar-refractivity contribution is 0.148. The number of fused-ring (bicyclic) bond motifs is 1. The lowest BCUT2D eigenvalue weighted by Crippen LogP contribution is -2.43. The van der Waals surface area contributed by atoms with Crippen molar-refractivity contribution in [2.45, 2.75) is 11.4 Å². The highest BCUT2D eigenvalue weighted by Crippen LogP contribution is 2.31. The molecule has 1 aliphatic rings. The molecule has 0 spiro atoms. The lowest BCUT2D eigenvalue weighted by Gasteiger charge is -2.32. The van der Waals surface area contributed by atoms with Crippen LogP contribution in [0.3, 0.4) is 0 Å². The molecule has 208 valence electrons. The van der Waals surface area contributed by atoms with Gasteiger partial charge < -0.3 is 15.0 Å². The highest BCUT2D eigenvalue weighted by Gasteiger charge is 2.21. The maximum Gasteiger partial charge on any atom is 0.264 e. The number of nitrogens with zero attached hydrogens (tertiary/aromatic N) is 5. The molecule has 2 N–H and O–H groups in total. The van der Waals surface area contributed by atoms with Gasteiger partial charge in [0.05, 0.1) is 18.1 Å². The van der Waals surface area contributed by atoms with Gasteiger partial charge in [0, 0.05) is 56.9 Å². The fourth-order valence-electron chi connectivity index (χ4n) is 4.16. The van der Waals surface area contributed by atoms with Crippen LogP contribution in [0, 0.1) is 0 Å². The van der Waals surface area contributed by atoms with Gasteiger partial charge in [-0.3, -0.25) is 14.6 Å². The second kappa shape index (κ2) is 13.2. The number of halogens is 2. The molecule has 10 nitrogen and oxygen atoms in total. The number of benzene rings is 2. The number of para-hydroxylation sites is 2. The zero-order valence-corrected chi connectivity index (χ0v) is 24.0. The molecule has 0 radical (unpaired) electrons. The number of methoxy groups -OCH3 is 1. The Labute approximate surface area is 240 Å². The molecular weight excluding hydrogens is 561 g/mol. The summed E-state index contributed by atoms with van der Waals surface area (Å²) in [5, 5.41) is 3.35. The molecule has 0 amide bonds. The quantitative estimate of drug-likeness (QED) is 0.311. The van der Waals surface area contributed by atoms with Crippen LogP contribution in [0.5, 0.6) is 5.75 Å². The Balaban J connectivity index is 0.00000210. The molecule has 2 aromatic carbocycles. The van der Waals surface area contributed by atoms with Crippen LogP contribution in [-0.4, -0.2) is 73.5 Å². The Kier molecular flexibility index (Phi) is 10.3. The Morgan fingerprint density at radius 3 is 2.26 bits per heavy atom. The van der Waals surface area contributed by atoms with Crippen molar-refractivity contribution >= 4 is 63.2 Å². The van der Waals surface area contributed by atoms with Gasteiger partial charge in [-0.05, 0) is 42.9 Å². The number of hydrogen-bond acceptors (Lipinski definition) is 9. The average molecular weight is 593 g/mol. The number of rotatable bonds is 8. The molecule has 0 bridgehead atoms. The van der Waals surface area contributed by atoms with Crippen molar-refractivity contribution in [3.05, 3.63) is 72.6 Å². The van der Waals surface area contributed by atoms with E-state index in [-0.39, 0.29) is 35.5 Å². The van der Waals surface area contributed by atoms with Crippen LogP contribution >= 0.6 is 24.8 Å². The van der Waals surface area contributed by atoms with Gasteiger partial charge >= 0.3 is 0 Å². The van der Waals surface area contributed by atoms with E-state index in [2.05, 4.69) is 36.9 Å². The van der Waals surface area contributed by atoms with E-state index >= 15 is 0 Å². The van der Waals surface area contributed by atoms with Crippen molar-refractivity contribution in [1.82, 2.24) is 24.8 Å². The molecule has 1 aliphatic heterocycles. The SMILES string of the molecule is COc1ccc(CN2CCN(C)CC2)c(Nc2nc3ccccc3nc2NS(=O)(=O)c2cccnc2)c1.Cl.Cl. The number of piperazine rings is 1. The maximum atomic E-state index is 13.1. The third-order valence-electron chi connectivity index (χ3n) is 6.31. The van der Waals surface area contributed by atoms with Crippen molar-refractivity contribution in [2.75, 3.05) is 50.4 Å². The van der Waals surface area contributed by atoms with Gasteiger partial charge in [0.25, 0.3) is 10.0 Å². The normalized spacial score (nSPS) is 14.2. The molecule has 2 aromatic heterocycles. The Morgan fingerprint density at radius 1 is 0.923 bits per heavy atom. The number of sulfonamides is 1. The van der Waals surface area contributed by atoms with E-state index in [9.17, 15) is 8.42 Å². The van der Waals surface area contributed by atoms with Crippen LogP contribution in [0.1, 0.15) is 5.56 Å². The van der Waals surface area contributed by atoms with E-state index < -0.39 is 10.0 Å². The van der Waals surface area contributed by atoms with E-state index in [1.807, 2.05) is 36.4 Å². The van der Waals surface area contributed by atoms with Gasteiger partial charge in [0.2, 0.25) is 0 Å². The number of ether oxygens (including phenoxy) is 1. The third-order valence-corrected chi connectivity index (χ3v) is 7.63. The third kappa shape index (κ3) is 7.25. The number of pyridine rings is 1. The van der Waals surface area contributed by atoms with Gasteiger partial charge in [-0.2, -0.15) is 0 Å². The minimum Gasteiger partial charge on any atom is -0.497 e. The molecule has 13 heteroatoms. The average Bonchev–Trinajstić information content (AvgIpc) is 2.91. The zero-order chi connectivity index (χ0) is 25.8. The zero-order valence-electron chi connectivity index (χ0n) is 21.6. The van der Waals surface area contributed by atoms with Crippen LogP contribution in [0.2, 0.25) is 0 Å². The van der Waals surface area contributed by atoms with Gasteiger partial charge in [-0.15, -0.1) is 24.8 Å². The summed E-state index contributed by atoms with van der Waals surface area (Å²) >= 11 is 0. The summed E-state index contributed by atoms with van der Waals surface area (Å²) in [6, 6.07) is 16.2. The Hall–Kier alpha value is -3.22. The summed E-state index contributed by atoms with van der Waals surface area (Å²) in [6.07, 6.45) is 2.81. The molecule has 3 heterocycles. The van der Waals surface area contributed by atoms with E-state index in [0.29, 0.717) is 22.6 Å². The first-order valence-electron chi connectivity index (χ1n) is 12.0. The predicted molar refractivity (Wildman–Crippen MR) is 158 cm³/mol. The number of hydrogen-bond donors (Lipinski definition) is 2. The molecule has 0 atom stereocenters. The smallest absolute Gasteiger partial charge is 0.264 e. The van der Waals surface area contributed by atoms with Crippen molar-refractivity contribution in [3.8, 4) is 5.75 Å².